The molecule has 0 aliphatic heterocycles. The summed E-state index contributed by atoms with van der Waals surface area (Å²) in [5, 5.41) is 0. The summed E-state index contributed by atoms with van der Waals surface area (Å²) in [6, 6.07) is 15.4. The fourth-order valence-electron chi connectivity index (χ4n) is 3.89. The first-order valence-electron chi connectivity index (χ1n) is 10.1. The number of rotatable bonds is 5. The summed E-state index contributed by atoms with van der Waals surface area (Å²) in [7, 11) is 0. The van der Waals surface area contributed by atoms with Crippen molar-refractivity contribution in [2.75, 3.05) is 0 Å². The molecular formula is C26H23F3. The molecule has 0 N–H and O–H groups in total. The number of unbranched alkanes of at least 4 members (excludes halogenated alkanes) is 1. The lowest BCUT2D eigenvalue weighted by Gasteiger charge is -2.19. The Kier molecular flexibility index (Phi) is 5.57. The van der Waals surface area contributed by atoms with E-state index in [0.717, 1.165) is 42.5 Å². The van der Waals surface area contributed by atoms with Gasteiger partial charge in [0.1, 0.15) is 5.82 Å². The van der Waals surface area contributed by atoms with Crippen LogP contribution in [0.15, 0.2) is 54.6 Å². The van der Waals surface area contributed by atoms with Gasteiger partial charge in [-0.3, -0.25) is 0 Å². The zero-order chi connectivity index (χ0) is 20.4. The number of halogens is 3. The summed E-state index contributed by atoms with van der Waals surface area (Å²) in [6.45, 7) is 2.19. The molecule has 0 atom stereocenters. The van der Waals surface area contributed by atoms with Crippen molar-refractivity contribution in [3.05, 3.63) is 94.3 Å². The number of fused-ring (bicyclic) bond motifs is 1. The molecule has 0 heterocycles. The molecule has 0 radical (unpaired) electrons. The predicted molar refractivity (Wildman–Crippen MR) is 113 cm³/mol. The SMILES string of the molecule is CCCCc1ccc(C2=Cc3cc(F)c(-c4ccc(F)c(F)c4)cc3CC2)cc1. The minimum atomic E-state index is -0.968. The molecule has 0 saturated heterocycles. The van der Waals surface area contributed by atoms with Crippen molar-refractivity contribution >= 4 is 11.6 Å². The van der Waals surface area contributed by atoms with Crippen LogP contribution < -0.4 is 0 Å². The molecule has 4 rings (SSSR count). The van der Waals surface area contributed by atoms with Crippen LogP contribution in [0.25, 0.3) is 22.8 Å². The molecule has 0 spiro atoms. The second kappa shape index (κ2) is 8.28. The quantitative estimate of drug-likeness (QED) is 0.419. The van der Waals surface area contributed by atoms with E-state index in [9.17, 15) is 13.2 Å². The lowest BCUT2D eigenvalue weighted by atomic mass is 9.86. The maximum atomic E-state index is 14.8. The van der Waals surface area contributed by atoms with E-state index in [4.69, 9.17) is 0 Å². The minimum absolute atomic E-state index is 0.305. The Bertz CT molecular complexity index is 1060. The van der Waals surface area contributed by atoms with Crippen LogP contribution in [0.1, 0.15) is 48.4 Å². The maximum absolute atomic E-state index is 14.8. The van der Waals surface area contributed by atoms with Crippen LogP contribution in [0.5, 0.6) is 0 Å². The number of hydrogen-bond donors (Lipinski definition) is 0. The molecule has 0 saturated carbocycles. The summed E-state index contributed by atoms with van der Waals surface area (Å²) >= 11 is 0. The average Bonchev–Trinajstić information content (AvgIpc) is 2.74. The third kappa shape index (κ3) is 4.14. The van der Waals surface area contributed by atoms with Crippen LogP contribution in [0.3, 0.4) is 0 Å². The topological polar surface area (TPSA) is 0 Å². The Morgan fingerprint density at radius 2 is 1.52 bits per heavy atom. The van der Waals surface area contributed by atoms with E-state index < -0.39 is 17.5 Å². The lowest BCUT2D eigenvalue weighted by molar-refractivity contribution is 0.509. The Hall–Kier alpha value is -2.81. The van der Waals surface area contributed by atoms with Crippen LogP contribution >= 0.6 is 0 Å². The Morgan fingerprint density at radius 3 is 2.24 bits per heavy atom. The van der Waals surface area contributed by atoms with E-state index in [-0.39, 0.29) is 0 Å². The van der Waals surface area contributed by atoms with Crippen LogP contribution in [0, 0.1) is 17.5 Å². The van der Waals surface area contributed by atoms with E-state index in [1.54, 1.807) is 6.07 Å². The second-order valence-corrected chi connectivity index (χ2v) is 7.63. The lowest BCUT2D eigenvalue weighted by Crippen LogP contribution is -2.02. The van der Waals surface area contributed by atoms with Gasteiger partial charge in [-0.1, -0.05) is 49.8 Å². The highest BCUT2D eigenvalue weighted by atomic mass is 19.2. The summed E-state index contributed by atoms with van der Waals surface area (Å²) in [4.78, 5) is 0. The molecule has 29 heavy (non-hydrogen) atoms. The minimum Gasteiger partial charge on any atom is -0.206 e. The highest BCUT2D eigenvalue weighted by molar-refractivity contribution is 5.85. The van der Waals surface area contributed by atoms with Gasteiger partial charge in [0.2, 0.25) is 0 Å². The van der Waals surface area contributed by atoms with Gasteiger partial charge in [0.25, 0.3) is 0 Å². The molecule has 0 fully saturated rings. The summed E-state index contributed by atoms with van der Waals surface area (Å²) < 4.78 is 41.5. The van der Waals surface area contributed by atoms with Gasteiger partial charge in [0.05, 0.1) is 0 Å². The zero-order valence-electron chi connectivity index (χ0n) is 16.4. The zero-order valence-corrected chi connectivity index (χ0v) is 16.4. The van der Waals surface area contributed by atoms with Crippen LogP contribution in [0.2, 0.25) is 0 Å². The van der Waals surface area contributed by atoms with Crippen LogP contribution in [-0.2, 0) is 12.8 Å². The molecule has 3 aromatic rings. The molecule has 1 aliphatic carbocycles. The number of hydrogen-bond acceptors (Lipinski definition) is 0. The number of benzene rings is 3. The van der Waals surface area contributed by atoms with Crippen molar-refractivity contribution < 1.29 is 13.2 Å². The first-order chi connectivity index (χ1) is 14.0. The number of aryl methyl sites for hydroxylation is 2. The van der Waals surface area contributed by atoms with E-state index >= 15 is 0 Å². The molecule has 0 bridgehead atoms. The predicted octanol–water partition coefficient (Wildman–Crippen LogP) is 7.60. The van der Waals surface area contributed by atoms with Gasteiger partial charge in [-0.25, -0.2) is 13.2 Å². The molecule has 1 aliphatic rings. The van der Waals surface area contributed by atoms with Crippen LogP contribution in [0.4, 0.5) is 13.2 Å². The third-order valence-electron chi connectivity index (χ3n) is 5.60. The largest absolute Gasteiger partial charge is 0.206 e. The molecule has 148 valence electrons. The summed E-state index contributed by atoms with van der Waals surface area (Å²) in [5.41, 5.74) is 6.23. The van der Waals surface area contributed by atoms with Crippen LogP contribution in [-0.4, -0.2) is 0 Å². The number of allylic oxidation sites excluding steroid dienone is 1. The Balaban J connectivity index is 1.63. The normalized spacial score (nSPS) is 13.2. The van der Waals surface area contributed by atoms with Gasteiger partial charge in [-0.15, -0.1) is 0 Å². The fraction of sp³-hybridized carbons (Fsp3) is 0.231. The molecular weight excluding hydrogens is 369 g/mol. The van der Waals surface area contributed by atoms with Gasteiger partial charge >= 0.3 is 0 Å². The van der Waals surface area contributed by atoms with Gasteiger partial charge in [-0.05, 0) is 83.3 Å². The standard InChI is InChI=1S/C26H23F3/c1-2-3-4-17-5-7-18(8-6-17)19-9-10-20-14-23(25(28)16-22(20)13-19)21-11-12-24(27)26(29)15-21/h5-8,11-16H,2-4,9-10H2,1H3. The van der Waals surface area contributed by atoms with Crippen molar-refractivity contribution in [2.45, 2.75) is 39.0 Å². The van der Waals surface area contributed by atoms with Crippen molar-refractivity contribution in [3.8, 4) is 11.1 Å². The van der Waals surface area contributed by atoms with Crippen molar-refractivity contribution in [3.63, 3.8) is 0 Å². The molecule has 0 nitrogen and oxygen atoms in total. The van der Waals surface area contributed by atoms with E-state index in [2.05, 4.69) is 31.2 Å². The average molecular weight is 392 g/mol. The molecule has 0 unspecified atom stereocenters. The fourth-order valence-corrected chi connectivity index (χ4v) is 3.89. The van der Waals surface area contributed by atoms with Crippen molar-refractivity contribution in [2.24, 2.45) is 0 Å². The van der Waals surface area contributed by atoms with Crippen molar-refractivity contribution in [1.29, 1.82) is 0 Å². The third-order valence-corrected chi connectivity index (χ3v) is 5.60. The highest BCUT2D eigenvalue weighted by Gasteiger charge is 2.17. The summed E-state index contributed by atoms with van der Waals surface area (Å²) in [6.07, 6.45) is 7.16. The van der Waals surface area contributed by atoms with E-state index in [1.165, 1.54) is 41.7 Å². The Labute approximate surface area is 169 Å². The first kappa shape index (κ1) is 19.5. The molecule has 3 aromatic carbocycles. The van der Waals surface area contributed by atoms with Gasteiger partial charge < -0.3 is 0 Å². The highest BCUT2D eigenvalue weighted by Crippen LogP contribution is 2.35. The molecule has 3 heteroatoms. The van der Waals surface area contributed by atoms with E-state index in [0.29, 0.717) is 11.1 Å². The second-order valence-electron chi connectivity index (χ2n) is 7.63. The van der Waals surface area contributed by atoms with Gasteiger partial charge in [0, 0.05) is 5.56 Å². The summed E-state index contributed by atoms with van der Waals surface area (Å²) in [5.74, 6) is -2.33. The van der Waals surface area contributed by atoms with Crippen molar-refractivity contribution in [1.82, 2.24) is 0 Å². The molecule has 0 aromatic heterocycles. The Morgan fingerprint density at radius 1 is 0.759 bits per heavy atom. The maximum Gasteiger partial charge on any atom is 0.159 e. The molecule has 0 amide bonds. The van der Waals surface area contributed by atoms with Gasteiger partial charge in [0.15, 0.2) is 11.6 Å². The first-order valence-corrected chi connectivity index (χ1v) is 10.1. The smallest absolute Gasteiger partial charge is 0.159 e. The monoisotopic (exact) mass is 392 g/mol. The van der Waals surface area contributed by atoms with E-state index in [1.807, 2.05) is 6.08 Å². The van der Waals surface area contributed by atoms with Gasteiger partial charge in [-0.2, -0.15) is 0 Å².